The van der Waals surface area contributed by atoms with E-state index in [9.17, 15) is 4.79 Å². The van der Waals surface area contributed by atoms with Gasteiger partial charge in [-0.25, -0.2) is 9.50 Å². The second kappa shape index (κ2) is 4.73. The summed E-state index contributed by atoms with van der Waals surface area (Å²) in [5, 5.41) is 6.94. The monoisotopic (exact) mass is 267 g/mol. The number of benzene rings is 1. The van der Waals surface area contributed by atoms with E-state index in [1.165, 1.54) is 0 Å². The molecule has 0 aliphatic heterocycles. The first-order chi connectivity index (χ1) is 9.63. The Labute approximate surface area is 115 Å². The fraction of sp³-hybridized carbons (Fsp3) is 0.143. The molecule has 100 valence electrons. The van der Waals surface area contributed by atoms with Gasteiger partial charge < -0.3 is 5.32 Å². The number of nitrogens with zero attached hydrogens (tertiary/aromatic N) is 4. The first kappa shape index (κ1) is 12.3. The van der Waals surface area contributed by atoms with Crippen molar-refractivity contribution in [1.29, 1.82) is 0 Å². The highest BCUT2D eigenvalue weighted by Crippen LogP contribution is 2.11. The minimum Gasteiger partial charge on any atom is -0.319 e. The molecule has 6 heteroatoms. The molecular formula is C14H13N5O. The molecule has 0 atom stereocenters. The molecule has 2 heterocycles. The number of aryl methyl sites for hydroxylation is 2. The number of hydrogen-bond donors (Lipinski definition) is 1. The zero-order valence-corrected chi connectivity index (χ0v) is 11.2. The van der Waals surface area contributed by atoms with Gasteiger partial charge in [0.1, 0.15) is 0 Å². The van der Waals surface area contributed by atoms with E-state index in [-0.39, 0.29) is 11.7 Å². The highest BCUT2D eigenvalue weighted by Gasteiger charge is 2.14. The molecule has 0 radical (unpaired) electrons. The third kappa shape index (κ3) is 2.23. The fourth-order valence-corrected chi connectivity index (χ4v) is 1.91. The van der Waals surface area contributed by atoms with Gasteiger partial charge in [-0.15, -0.1) is 5.10 Å². The van der Waals surface area contributed by atoms with Gasteiger partial charge in [-0.2, -0.15) is 4.98 Å². The number of anilines is 1. The second-order valence-electron chi connectivity index (χ2n) is 4.56. The number of aromatic nitrogens is 4. The SMILES string of the molecule is Cc1cccc(NC(=O)c2nc3nccc(C)n3n2)c1. The Hall–Kier alpha value is -2.76. The first-order valence-corrected chi connectivity index (χ1v) is 6.20. The lowest BCUT2D eigenvalue weighted by Gasteiger charge is -2.02. The van der Waals surface area contributed by atoms with E-state index in [0.717, 1.165) is 16.9 Å². The molecule has 0 aliphatic rings. The maximum atomic E-state index is 12.1. The van der Waals surface area contributed by atoms with Crippen LogP contribution >= 0.6 is 0 Å². The van der Waals surface area contributed by atoms with Crippen molar-refractivity contribution in [3.05, 3.63) is 53.6 Å². The molecule has 0 saturated heterocycles. The zero-order chi connectivity index (χ0) is 14.1. The van der Waals surface area contributed by atoms with Crippen molar-refractivity contribution < 1.29 is 4.79 Å². The lowest BCUT2D eigenvalue weighted by molar-refractivity contribution is 0.101. The van der Waals surface area contributed by atoms with Gasteiger partial charge in [-0.1, -0.05) is 12.1 Å². The van der Waals surface area contributed by atoms with Crippen molar-refractivity contribution in [3.8, 4) is 0 Å². The van der Waals surface area contributed by atoms with Crippen molar-refractivity contribution >= 4 is 17.4 Å². The third-order valence-corrected chi connectivity index (χ3v) is 2.91. The quantitative estimate of drug-likeness (QED) is 0.770. The highest BCUT2D eigenvalue weighted by molar-refractivity contribution is 6.01. The molecule has 0 unspecified atom stereocenters. The predicted molar refractivity (Wildman–Crippen MR) is 74.7 cm³/mol. The minimum atomic E-state index is -0.347. The summed E-state index contributed by atoms with van der Waals surface area (Å²) in [7, 11) is 0. The normalized spacial score (nSPS) is 10.7. The van der Waals surface area contributed by atoms with Gasteiger partial charge in [0.2, 0.25) is 5.82 Å². The topological polar surface area (TPSA) is 72.2 Å². The molecule has 1 aromatic carbocycles. The minimum absolute atomic E-state index is 0.105. The zero-order valence-electron chi connectivity index (χ0n) is 11.2. The van der Waals surface area contributed by atoms with Crippen molar-refractivity contribution in [2.45, 2.75) is 13.8 Å². The average molecular weight is 267 g/mol. The van der Waals surface area contributed by atoms with Crippen LogP contribution in [-0.4, -0.2) is 25.5 Å². The van der Waals surface area contributed by atoms with Crippen LogP contribution in [0.3, 0.4) is 0 Å². The summed E-state index contributed by atoms with van der Waals surface area (Å²) in [4.78, 5) is 20.3. The van der Waals surface area contributed by atoms with Crippen LogP contribution in [0.25, 0.3) is 5.78 Å². The van der Waals surface area contributed by atoms with Gasteiger partial charge in [0.15, 0.2) is 0 Å². The van der Waals surface area contributed by atoms with Gasteiger partial charge in [0, 0.05) is 17.6 Å². The molecule has 1 amide bonds. The Morgan fingerprint density at radius 3 is 2.85 bits per heavy atom. The predicted octanol–water partition coefficient (Wildman–Crippen LogP) is 1.99. The van der Waals surface area contributed by atoms with E-state index in [0.29, 0.717) is 5.78 Å². The molecule has 20 heavy (non-hydrogen) atoms. The summed E-state index contributed by atoms with van der Waals surface area (Å²) >= 11 is 0. The van der Waals surface area contributed by atoms with E-state index >= 15 is 0 Å². The van der Waals surface area contributed by atoms with Crippen LogP contribution in [0.5, 0.6) is 0 Å². The summed E-state index contributed by atoms with van der Waals surface area (Å²) < 4.78 is 1.55. The third-order valence-electron chi connectivity index (χ3n) is 2.91. The highest BCUT2D eigenvalue weighted by atomic mass is 16.2. The van der Waals surface area contributed by atoms with Crippen LogP contribution in [0.1, 0.15) is 21.9 Å². The van der Waals surface area contributed by atoms with Gasteiger partial charge in [-0.3, -0.25) is 4.79 Å². The van der Waals surface area contributed by atoms with Crippen LogP contribution in [0.15, 0.2) is 36.5 Å². The van der Waals surface area contributed by atoms with Crippen LogP contribution in [0.4, 0.5) is 5.69 Å². The molecule has 0 fully saturated rings. The standard InChI is InChI=1S/C14H13N5O/c1-9-4-3-5-11(8-9)16-13(20)12-17-14-15-7-6-10(2)19(14)18-12/h3-8H,1-2H3,(H,16,20). The Kier molecular flexibility index (Phi) is 2.90. The van der Waals surface area contributed by atoms with Crippen molar-refractivity contribution in [3.63, 3.8) is 0 Å². The Morgan fingerprint density at radius 2 is 2.10 bits per heavy atom. The van der Waals surface area contributed by atoms with Gasteiger partial charge in [0.05, 0.1) is 0 Å². The molecule has 0 spiro atoms. The fourth-order valence-electron chi connectivity index (χ4n) is 1.91. The van der Waals surface area contributed by atoms with Crippen molar-refractivity contribution in [2.24, 2.45) is 0 Å². The number of nitrogens with one attached hydrogen (secondary N) is 1. The number of carbonyl (C=O) groups is 1. The average Bonchev–Trinajstić information content (AvgIpc) is 2.84. The van der Waals surface area contributed by atoms with Crippen LogP contribution < -0.4 is 5.32 Å². The molecule has 0 bridgehead atoms. The molecule has 2 aromatic heterocycles. The molecule has 3 rings (SSSR count). The van der Waals surface area contributed by atoms with Gasteiger partial charge >= 0.3 is 0 Å². The largest absolute Gasteiger partial charge is 0.319 e. The number of hydrogen-bond acceptors (Lipinski definition) is 4. The smallest absolute Gasteiger partial charge is 0.295 e. The maximum Gasteiger partial charge on any atom is 0.295 e. The van der Waals surface area contributed by atoms with Crippen molar-refractivity contribution in [2.75, 3.05) is 5.32 Å². The number of carbonyl (C=O) groups excluding carboxylic acids is 1. The number of amides is 1. The van der Waals surface area contributed by atoms with Gasteiger partial charge in [0.25, 0.3) is 11.7 Å². The number of rotatable bonds is 2. The van der Waals surface area contributed by atoms with E-state index in [4.69, 9.17) is 0 Å². The lowest BCUT2D eigenvalue weighted by atomic mass is 10.2. The molecule has 0 saturated carbocycles. The van der Waals surface area contributed by atoms with Gasteiger partial charge in [-0.05, 0) is 37.6 Å². The van der Waals surface area contributed by atoms with Crippen LogP contribution in [-0.2, 0) is 0 Å². The van der Waals surface area contributed by atoms with E-state index in [1.807, 2.05) is 44.2 Å². The summed E-state index contributed by atoms with van der Waals surface area (Å²) in [5.41, 5.74) is 2.67. The lowest BCUT2D eigenvalue weighted by Crippen LogP contribution is -2.14. The molecular weight excluding hydrogens is 254 g/mol. The Morgan fingerprint density at radius 1 is 1.25 bits per heavy atom. The Balaban J connectivity index is 1.91. The summed E-state index contributed by atoms with van der Waals surface area (Å²) in [6.45, 7) is 3.84. The van der Waals surface area contributed by atoms with E-state index in [1.54, 1.807) is 10.7 Å². The molecule has 1 N–H and O–H groups in total. The molecule has 6 nitrogen and oxygen atoms in total. The maximum absolute atomic E-state index is 12.1. The molecule has 3 aromatic rings. The van der Waals surface area contributed by atoms with Crippen molar-refractivity contribution in [1.82, 2.24) is 19.6 Å². The Bertz CT molecular complexity index is 793. The van der Waals surface area contributed by atoms with Crippen LogP contribution in [0.2, 0.25) is 0 Å². The van der Waals surface area contributed by atoms with Crippen LogP contribution in [0, 0.1) is 13.8 Å². The second-order valence-corrected chi connectivity index (χ2v) is 4.56. The molecule has 0 aliphatic carbocycles. The summed E-state index contributed by atoms with van der Waals surface area (Å²) in [5.74, 6) is 0.174. The first-order valence-electron chi connectivity index (χ1n) is 6.20. The number of fused-ring (bicyclic) bond motifs is 1. The summed E-state index contributed by atoms with van der Waals surface area (Å²) in [6, 6.07) is 9.37. The van der Waals surface area contributed by atoms with E-state index < -0.39 is 0 Å². The summed E-state index contributed by atoms with van der Waals surface area (Å²) in [6.07, 6.45) is 1.64. The van der Waals surface area contributed by atoms with E-state index in [2.05, 4.69) is 20.4 Å².